The summed E-state index contributed by atoms with van der Waals surface area (Å²) in [7, 11) is 1.53. The third-order valence-corrected chi connectivity index (χ3v) is 3.86. The topological polar surface area (TPSA) is 82.8 Å². The molecule has 3 rings (SSSR count). The van der Waals surface area contributed by atoms with Gasteiger partial charge in [-0.1, -0.05) is 24.3 Å². The third-order valence-electron chi connectivity index (χ3n) is 3.86. The number of nitrogen functional groups attached to an aromatic ring is 2. The summed E-state index contributed by atoms with van der Waals surface area (Å²) in [6.45, 7) is 0. The average molecular weight is 347 g/mol. The van der Waals surface area contributed by atoms with Crippen LogP contribution in [0.25, 0.3) is 11.4 Å². The van der Waals surface area contributed by atoms with Gasteiger partial charge in [0, 0.05) is 31.4 Å². The van der Waals surface area contributed by atoms with Crippen LogP contribution in [0.4, 0.5) is 24.5 Å². The van der Waals surface area contributed by atoms with Gasteiger partial charge in [-0.05, 0) is 11.6 Å². The maximum Gasteiger partial charge on any atom is 0.434 e. The van der Waals surface area contributed by atoms with E-state index >= 15 is 0 Å². The molecule has 0 aliphatic carbocycles. The first-order chi connectivity index (χ1) is 11.8. The minimum Gasteiger partial charge on any atom is -0.397 e. The highest BCUT2D eigenvalue weighted by atomic mass is 19.4. The lowest BCUT2D eigenvalue weighted by Gasteiger charge is -2.08. The normalized spacial score (nSPS) is 11.7. The number of aryl methyl sites for hydroxylation is 1. The summed E-state index contributed by atoms with van der Waals surface area (Å²) in [6, 6.07) is 8.69. The SMILES string of the molecule is Cn1cc(C(F)(F)F)nc1-c1ccc(Cc2nccc(N)c2N)cc1. The van der Waals surface area contributed by atoms with Crippen molar-refractivity contribution in [2.75, 3.05) is 11.5 Å². The Labute approximate surface area is 142 Å². The predicted molar refractivity (Wildman–Crippen MR) is 89.5 cm³/mol. The van der Waals surface area contributed by atoms with E-state index in [9.17, 15) is 13.2 Å². The summed E-state index contributed by atoms with van der Waals surface area (Å²) in [6.07, 6.45) is -1.43. The Bertz CT molecular complexity index is 898. The zero-order valence-corrected chi connectivity index (χ0v) is 13.4. The number of rotatable bonds is 3. The van der Waals surface area contributed by atoms with Gasteiger partial charge in [-0.3, -0.25) is 4.98 Å². The van der Waals surface area contributed by atoms with E-state index in [1.807, 2.05) is 12.1 Å². The van der Waals surface area contributed by atoms with Crippen molar-refractivity contribution in [3.05, 3.63) is 59.7 Å². The number of imidazole rings is 1. The molecule has 0 saturated carbocycles. The molecule has 2 aromatic heterocycles. The van der Waals surface area contributed by atoms with Crippen molar-refractivity contribution in [3.8, 4) is 11.4 Å². The molecule has 0 spiro atoms. The fourth-order valence-corrected chi connectivity index (χ4v) is 2.51. The number of nitrogens with zero attached hydrogens (tertiary/aromatic N) is 3. The van der Waals surface area contributed by atoms with Gasteiger partial charge in [0.15, 0.2) is 5.69 Å². The number of halogens is 3. The fourth-order valence-electron chi connectivity index (χ4n) is 2.51. The second-order valence-electron chi connectivity index (χ2n) is 5.69. The second-order valence-corrected chi connectivity index (χ2v) is 5.69. The summed E-state index contributed by atoms with van der Waals surface area (Å²) in [5.74, 6) is 0.250. The number of hydrogen-bond acceptors (Lipinski definition) is 4. The van der Waals surface area contributed by atoms with Crippen LogP contribution in [0.5, 0.6) is 0 Å². The molecule has 0 amide bonds. The van der Waals surface area contributed by atoms with Gasteiger partial charge in [0.05, 0.1) is 17.1 Å². The van der Waals surface area contributed by atoms with Crippen LogP contribution < -0.4 is 11.5 Å². The molecule has 8 heteroatoms. The smallest absolute Gasteiger partial charge is 0.397 e. The van der Waals surface area contributed by atoms with Crippen LogP contribution >= 0.6 is 0 Å². The molecule has 0 fully saturated rings. The number of nitrogens with two attached hydrogens (primary N) is 2. The van der Waals surface area contributed by atoms with E-state index in [4.69, 9.17) is 11.5 Å². The largest absolute Gasteiger partial charge is 0.434 e. The van der Waals surface area contributed by atoms with Gasteiger partial charge in [-0.25, -0.2) is 4.98 Å². The molecule has 1 aromatic carbocycles. The van der Waals surface area contributed by atoms with E-state index in [2.05, 4.69) is 9.97 Å². The zero-order chi connectivity index (χ0) is 18.2. The Morgan fingerprint density at radius 3 is 2.36 bits per heavy atom. The first kappa shape index (κ1) is 16.8. The second kappa shape index (κ2) is 6.12. The number of benzene rings is 1. The van der Waals surface area contributed by atoms with Gasteiger partial charge in [0.1, 0.15) is 5.82 Å². The molecular formula is C17H16F3N5. The van der Waals surface area contributed by atoms with Crippen molar-refractivity contribution in [2.24, 2.45) is 7.05 Å². The quantitative estimate of drug-likeness (QED) is 0.762. The summed E-state index contributed by atoms with van der Waals surface area (Å²) in [4.78, 5) is 7.89. The summed E-state index contributed by atoms with van der Waals surface area (Å²) >= 11 is 0. The minimum absolute atomic E-state index is 0.250. The molecule has 25 heavy (non-hydrogen) atoms. The molecule has 0 aliphatic heterocycles. The van der Waals surface area contributed by atoms with E-state index in [0.717, 1.165) is 11.8 Å². The molecule has 0 saturated heterocycles. The van der Waals surface area contributed by atoms with Gasteiger partial charge in [0.25, 0.3) is 0 Å². The highest BCUT2D eigenvalue weighted by Crippen LogP contribution is 2.30. The van der Waals surface area contributed by atoms with Gasteiger partial charge >= 0.3 is 6.18 Å². The molecule has 0 unspecified atom stereocenters. The molecule has 0 bridgehead atoms. The van der Waals surface area contributed by atoms with Crippen LogP contribution in [-0.2, 0) is 19.6 Å². The first-order valence-electron chi connectivity index (χ1n) is 7.44. The molecule has 2 heterocycles. The number of alkyl halides is 3. The number of aromatic nitrogens is 3. The van der Waals surface area contributed by atoms with Crippen molar-refractivity contribution >= 4 is 11.4 Å². The Balaban J connectivity index is 1.86. The van der Waals surface area contributed by atoms with E-state index in [1.54, 1.807) is 24.4 Å². The Kier molecular flexibility index (Phi) is 4.12. The highest BCUT2D eigenvalue weighted by Gasteiger charge is 2.34. The van der Waals surface area contributed by atoms with Crippen LogP contribution in [0.3, 0.4) is 0 Å². The standard InChI is InChI=1S/C17H16F3N5/c1-25-9-14(17(18,19)20)24-16(25)11-4-2-10(3-5-11)8-13-15(22)12(21)6-7-23-13/h2-7,9H,8,22H2,1H3,(H2,21,23). The van der Waals surface area contributed by atoms with Gasteiger partial charge in [-0.15, -0.1) is 0 Å². The first-order valence-corrected chi connectivity index (χ1v) is 7.44. The van der Waals surface area contributed by atoms with E-state index in [1.165, 1.54) is 11.6 Å². The molecule has 0 radical (unpaired) electrons. The lowest BCUT2D eigenvalue weighted by Crippen LogP contribution is -2.04. The summed E-state index contributed by atoms with van der Waals surface area (Å²) in [5, 5.41) is 0. The Morgan fingerprint density at radius 1 is 1.08 bits per heavy atom. The van der Waals surface area contributed by atoms with Gasteiger partial charge < -0.3 is 16.0 Å². The van der Waals surface area contributed by atoms with E-state index in [-0.39, 0.29) is 5.82 Å². The van der Waals surface area contributed by atoms with Crippen molar-refractivity contribution in [2.45, 2.75) is 12.6 Å². The van der Waals surface area contributed by atoms with Crippen LogP contribution in [0.15, 0.2) is 42.7 Å². The van der Waals surface area contributed by atoms with Crippen molar-refractivity contribution in [3.63, 3.8) is 0 Å². The molecule has 0 aliphatic rings. The molecule has 0 atom stereocenters. The summed E-state index contributed by atoms with van der Waals surface area (Å²) < 4.78 is 39.7. The van der Waals surface area contributed by atoms with E-state index < -0.39 is 11.9 Å². The zero-order valence-electron chi connectivity index (χ0n) is 13.4. The number of pyridine rings is 1. The van der Waals surface area contributed by atoms with E-state index in [0.29, 0.717) is 29.1 Å². The fraction of sp³-hybridized carbons (Fsp3) is 0.176. The average Bonchev–Trinajstić information content (AvgIpc) is 2.95. The predicted octanol–water partition coefficient (Wildman–Crippen LogP) is 3.26. The minimum atomic E-state index is -4.47. The maximum atomic E-state index is 12.8. The Hall–Kier alpha value is -3.03. The molecule has 3 aromatic rings. The van der Waals surface area contributed by atoms with Crippen LogP contribution in [0, 0.1) is 0 Å². The summed E-state index contributed by atoms with van der Waals surface area (Å²) in [5.41, 5.74) is 13.8. The number of hydrogen-bond donors (Lipinski definition) is 2. The molecule has 4 N–H and O–H groups in total. The molecule has 5 nitrogen and oxygen atoms in total. The van der Waals surface area contributed by atoms with Crippen LogP contribution in [0.2, 0.25) is 0 Å². The maximum absolute atomic E-state index is 12.8. The molecular weight excluding hydrogens is 331 g/mol. The van der Waals surface area contributed by atoms with Crippen molar-refractivity contribution in [1.29, 1.82) is 0 Å². The lowest BCUT2D eigenvalue weighted by atomic mass is 10.1. The molecule has 130 valence electrons. The lowest BCUT2D eigenvalue weighted by molar-refractivity contribution is -0.140. The third kappa shape index (κ3) is 3.42. The van der Waals surface area contributed by atoms with Crippen LogP contribution in [-0.4, -0.2) is 14.5 Å². The Morgan fingerprint density at radius 2 is 1.76 bits per heavy atom. The monoisotopic (exact) mass is 347 g/mol. The van der Waals surface area contributed by atoms with Crippen molar-refractivity contribution < 1.29 is 13.2 Å². The van der Waals surface area contributed by atoms with Crippen molar-refractivity contribution in [1.82, 2.24) is 14.5 Å². The number of anilines is 2. The van der Waals surface area contributed by atoms with Gasteiger partial charge in [-0.2, -0.15) is 13.2 Å². The highest BCUT2D eigenvalue weighted by molar-refractivity contribution is 5.65. The van der Waals surface area contributed by atoms with Gasteiger partial charge in [0.2, 0.25) is 0 Å². The van der Waals surface area contributed by atoms with Crippen LogP contribution in [0.1, 0.15) is 17.0 Å².